The molecule has 0 aliphatic carbocycles. The average molecular weight is 182 g/mol. The Morgan fingerprint density at radius 3 is 2.38 bits per heavy atom. The predicted octanol–water partition coefficient (Wildman–Crippen LogP) is 1.61. The summed E-state index contributed by atoms with van der Waals surface area (Å²) in [6.07, 6.45) is 4.45. The Balaban J connectivity index is 4.00. The van der Waals surface area contributed by atoms with Gasteiger partial charge in [0.1, 0.15) is 0 Å². The van der Waals surface area contributed by atoms with Crippen LogP contribution < -0.4 is 0 Å². The maximum atomic E-state index is 10.0. The van der Waals surface area contributed by atoms with Crippen molar-refractivity contribution in [3.8, 4) is 0 Å². The van der Waals surface area contributed by atoms with E-state index in [1.54, 1.807) is 0 Å². The van der Waals surface area contributed by atoms with Crippen molar-refractivity contribution in [2.45, 2.75) is 45.2 Å². The van der Waals surface area contributed by atoms with Gasteiger partial charge in [-0.05, 0) is 33.6 Å². The first-order chi connectivity index (χ1) is 6.02. The van der Waals surface area contributed by atoms with Crippen LogP contribution in [0.5, 0.6) is 0 Å². The standard InChI is InChI=1S/C9H14N2O2/c1-8(10-6-12)4-5-9(2,3)11-7-13/h8H,4-5H2,1-3H3. The molecule has 0 aromatic rings. The Bertz CT molecular complexity index is 248. The average Bonchev–Trinajstić information content (AvgIpc) is 2.02. The van der Waals surface area contributed by atoms with Gasteiger partial charge in [0, 0.05) is 0 Å². The molecule has 13 heavy (non-hydrogen) atoms. The molecule has 0 rings (SSSR count). The van der Waals surface area contributed by atoms with Crippen molar-refractivity contribution in [2.75, 3.05) is 0 Å². The zero-order valence-corrected chi connectivity index (χ0v) is 8.20. The molecule has 4 heteroatoms. The van der Waals surface area contributed by atoms with Crippen LogP contribution in [0.15, 0.2) is 9.98 Å². The smallest absolute Gasteiger partial charge is 0.211 e. The van der Waals surface area contributed by atoms with E-state index in [0.29, 0.717) is 12.8 Å². The summed E-state index contributed by atoms with van der Waals surface area (Å²) in [4.78, 5) is 27.1. The first-order valence-corrected chi connectivity index (χ1v) is 4.18. The number of hydrogen-bond acceptors (Lipinski definition) is 4. The Morgan fingerprint density at radius 1 is 1.31 bits per heavy atom. The van der Waals surface area contributed by atoms with Crippen LogP contribution in [0.3, 0.4) is 0 Å². The molecule has 0 aromatic carbocycles. The summed E-state index contributed by atoms with van der Waals surface area (Å²) < 4.78 is 0. The van der Waals surface area contributed by atoms with E-state index in [1.165, 1.54) is 12.2 Å². The molecule has 0 N–H and O–H groups in total. The summed E-state index contributed by atoms with van der Waals surface area (Å²) >= 11 is 0. The minimum absolute atomic E-state index is 0.0568. The van der Waals surface area contributed by atoms with E-state index in [4.69, 9.17) is 0 Å². The van der Waals surface area contributed by atoms with Gasteiger partial charge in [-0.1, -0.05) is 0 Å². The van der Waals surface area contributed by atoms with E-state index >= 15 is 0 Å². The lowest BCUT2D eigenvalue weighted by Crippen LogP contribution is -2.18. The molecule has 0 saturated heterocycles. The van der Waals surface area contributed by atoms with Crippen LogP contribution in [-0.2, 0) is 9.59 Å². The Kier molecular flexibility index (Phi) is 4.90. The summed E-state index contributed by atoms with van der Waals surface area (Å²) in [5.74, 6) is 0. The van der Waals surface area contributed by atoms with Crippen LogP contribution >= 0.6 is 0 Å². The fourth-order valence-corrected chi connectivity index (χ4v) is 0.896. The molecule has 0 heterocycles. The van der Waals surface area contributed by atoms with E-state index in [-0.39, 0.29) is 6.04 Å². The lowest BCUT2D eigenvalue weighted by Gasteiger charge is -2.17. The van der Waals surface area contributed by atoms with Crippen LogP contribution in [0.2, 0.25) is 0 Å². The molecule has 0 fully saturated rings. The lowest BCUT2D eigenvalue weighted by molar-refractivity contribution is 0.434. The second kappa shape index (κ2) is 5.41. The van der Waals surface area contributed by atoms with Crippen LogP contribution in [-0.4, -0.2) is 23.7 Å². The Labute approximate surface area is 77.8 Å². The van der Waals surface area contributed by atoms with Crippen molar-refractivity contribution in [3.05, 3.63) is 0 Å². The van der Waals surface area contributed by atoms with Gasteiger partial charge >= 0.3 is 0 Å². The molecule has 0 spiro atoms. The molecule has 1 atom stereocenters. The van der Waals surface area contributed by atoms with Gasteiger partial charge < -0.3 is 0 Å². The fourth-order valence-electron chi connectivity index (χ4n) is 0.896. The zero-order valence-electron chi connectivity index (χ0n) is 8.20. The monoisotopic (exact) mass is 182 g/mol. The van der Waals surface area contributed by atoms with E-state index in [9.17, 15) is 9.59 Å². The molecule has 0 aliphatic heterocycles. The second-order valence-electron chi connectivity index (χ2n) is 3.62. The highest BCUT2D eigenvalue weighted by Crippen LogP contribution is 2.17. The number of carbonyl (C=O) groups excluding carboxylic acids is 2. The summed E-state index contributed by atoms with van der Waals surface area (Å²) in [7, 11) is 0. The molecule has 0 bridgehead atoms. The highest BCUT2D eigenvalue weighted by molar-refractivity contribution is 5.34. The van der Waals surface area contributed by atoms with Crippen molar-refractivity contribution in [2.24, 2.45) is 9.98 Å². The molecular formula is C9H14N2O2. The number of rotatable bonds is 5. The number of nitrogens with zero attached hydrogens (tertiary/aromatic N) is 2. The van der Waals surface area contributed by atoms with Crippen molar-refractivity contribution >= 4 is 12.2 Å². The largest absolute Gasteiger partial charge is 0.235 e. The summed E-state index contributed by atoms with van der Waals surface area (Å²) in [5.41, 5.74) is -0.408. The molecule has 0 radical (unpaired) electrons. The van der Waals surface area contributed by atoms with Gasteiger partial charge in [0.05, 0.1) is 11.6 Å². The quantitative estimate of drug-likeness (QED) is 0.479. The molecule has 72 valence electrons. The lowest BCUT2D eigenvalue weighted by atomic mass is 9.97. The van der Waals surface area contributed by atoms with Crippen molar-refractivity contribution in [3.63, 3.8) is 0 Å². The summed E-state index contributed by atoms with van der Waals surface area (Å²) in [6, 6.07) is -0.0568. The molecule has 0 aromatic heterocycles. The van der Waals surface area contributed by atoms with Crippen molar-refractivity contribution in [1.82, 2.24) is 0 Å². The summed E-state index contributed by atoms with van der Waals surface area (Å²) in [6.45, 7) is 5.51. The maximum absolute atomic E-state index is 10.0. The third kappa shape index (κ3) is 5.97. The van der Waals surface area contributed by atoms with Crippen molar-refractivity contribution in [1.29, 1.82) is 0 Å². The number of aliphatic imine (C=N–C) groups is 2. The normalized spacial score (nSPS) is 12.5. The SMILES string of the molecule is CC(CCC(C)(C)N=C=O)N=C=O. The molecular weight excluding hydrogens is 168 g/mol. The topological polar surface area (TPSA) is 58.9 Å². The Hall–Kier alpha value is -1.24. The van der Waals surface area contributed by atoms with Crippen molar-refractivity contribution < 1.29 is 9.59 Å². The highest BCUT2D eigenvalue weighted by atomic mass is 16.1. The first-order valence-electron chi connectivity index (χ1n) is 4.18. The summed E-state index contributed by atoms with van der Waals surface area (Å²) in [5, 5.41) is 0. The minimum atomic E-state index is -0.408. The van der Waals surface area contributed by atoms with Gasteiger partial charge in [-0.15, -0.1) is 0 Å². The number of isocyanates is 2. The minimum Gasteiger partial charge on any atom is -0.211 e. The predicted molar refractivity (Wildman–Crippen MR) is 49.0 cm³/mol. The van der Waals surface area contributed by atoms with E-state index < -0.39 is 5.54 Å². The van der Waals surface area contributed by atoms with E-state index in [1.807, 2.05) is 20.8 Å². The van der Waals surface area contributed by atoms with Gasteiger partial charge in [-0.2, -0.15) is 4.99 Å². The van der Waals surface area contributed by atoms with E-state index in [0.717, 1.165) is 0 Å². The van der Waals surface area contributed by atoms with Crippen LogP contribution in [0.25, 0.3) is 0 Å². The molecule has 0 amide bonds. The Morgan fingerprint density at radius 2 is 1.92 bits per heavy atom. The van der Waals surface area contributed by atoms with Crippen LogP contribution in [0, 0.1) is 0 Å². The van der Waals surface area contributed by atoms with Gasteiger partial charge in [0.25, 0.3) is 0 Å². The van der Waals surface area contributed by atoms with Gasteiger partial charge in [0.15, 0.2) is 0 Å². The van der Waals surface area contributed by atoms with Crippen LogP contribution in [0.4, 0.5) is 0 Å². The third-order valence-electron chi connectivity index (χ3n) is 1.80. The molecule has 0 aliphatic rings. The maximum Gasteiger partial charge on any atom is 0.235 e. The van der Waals surface area contributed by atoms with Gasteiger partial charge in [0.2, 0.25) is 12.2 Å². The highest BCUT2D eigenvalue weighted by Gasteiger charge is 2.17. The molecule has 1 unspecified atom stereocenters. The van der Waals surface area contributed by atoms with Gasteiger partial charge in [-0.25, -0.2) is 14.6 Å². The third-order valence-corrected chi connectivity index (χ3v) is 1.80. The van der Waals surface area contributed by atoms with Crippen LogP contribution in [0.1, 0.15) is 33.6 Å². The molecule has 4 nitrogen and oxygen atoms in total. The fraction of sp³-hybridized carbons (Fsp3) is 0.778. The molecule has 0 saturated carbocycles. The van der Waals surface area contributed by atoms with E-state index in [2.05, 4.69) is 9.98 Å². The zero-order chi connectivity index (χ0) is 10.3. The van der Waals surface area contributed by atoms with Gasteiger partial charge in [-0.3, -0.25) is 0 Å². The second-order valence-corrected chi connectivity index (χ2v) is 3.62. The number of hydrogen-bond donors (Lipinski definition) is 0. The first kappa shape index (κ1) is 11.8.